The van der Waals surface area contributed by atoms with Crippen molar-refractivity contribution in [2.24, 2.45) is 0 Å². The highest BCUT2D eigenvalue weighted by Gasteiger charge is 2.25. The number of amides is 1. The molecule has 172 valence electrons. The number of hydrogen-bond donors (Lipinski definition) is 1. The van der Waals surface area contributed by atoms with E-state index in [1.165, 1.54) is 11.8 Å². The van der Waals surface area contributed by atoms with Gasteiger partial charge in [-0.1, -0.05) is 48.5 Å². The largest absolute Gasteiger partial charge is 0.350 e. The maximum atomic E-state index is 13.5. The van der Waals surface area contributed by atoms with Crippen LogP contribution < -0.4 is 10.9 Å². The molecule has 33 heavy (non-hydrogen) atoms. The molecular weight excluding hydrogens is 434 g/mol. The summed E-state index contributed by atoms with van der Waals surface area (Å²) in [5.41, 5.74) is 3.14. The summed E-state index contributed by atoms with van der Waals surface area (Å²) in [6.07, 6.45) is 0.830. The fraction of sp³-hybridized carbons (Fsp3) is 0.360. The highest BCUT2D eigenvalue weighted by atomic mass is 32.2. The van der Waals surface area contributed by atoms with Crippen LogP contribution in [0.25, 0.3) is 22.4 Å². The van der Waals surface area contributed by atoms with Gasteiger partial charge in [-0.05, 0) is 64.8 Å². The molecule has 0 saturated carbocycles. The fourth-order valence-electron chi connectivity index (χ4n) is 3.76. The third-order valence-electron chi connectivity index (χ3n) is 5.98. The topological polar surface area (TPSA) is 81.3 Å². The number of fused-ring (bicyclic) bond motifs is 3. The third-order valence-corrected chi connectivity index (χ3v) is 7.03. The van der Waals surface area contributed by atoms with E-state index in [1.54, 1.807) is 4.57 Å². The van der Waals surface area contributed by atoms with Gasteiger partial charge in [0.2, 0.25) is 11.7 Å². The Morgan fingerprint density at radius 3 is 2.58 bits per heavy atom. The molecule has 8 heteroatoms. The average Bonchev–Trinajstić information content (AvgIpc) is 3.18. The lowest BCUT2D eigenvalue weighted by atomic mass is 10.0. The number of aryl methyl sites for hydroxylation is 2. The first-order valence-electron chi connectivity index (χ1n) is 11.1. The van der Waals surface area contributed by atoms with Gasteiger partial charge in [0.05, 0.1) is 21.8 Å². The number of benzene rings is 2. The predicted molar refractivity (Wildman–Crippen MR) is 133 cm³/mol. The molecule has 1 atom stereocenters. The van der Waals surface area contributed by atoms with Crippen LogP contribution in [0.3, 0.4) is 0 Å². The lowest BCUT2D eigenvalue weighted by Crippen LogP contribution is -2.46. The van der Waals surface area contributed by atoms with E-state index in [0.29, 0.717) is 21.8 Å². The molecule has 0 saturated heterocycles. The Balaban J connectivity index is 1.88. The van der Waals surface area contributed by atoms with E-state index in [2.05, 4.69) is 15.5 Å². The molecule has 0 aliphatic carbocycles. The van der Waals surface area contributed by atoms with Crippen molar-refractivity contribution >= 4 is 34.3 Å². The molecule has 1 amide bonds. The SMILES string of the molecule is CCC(C)(C)NC(=O)C(C)Sc1nnc2n(-c3ccc(C)cc3C)c(=O)c3ccccc3n12. The summed E-state index contributed by atoms with van der Waals surface area (Å²) in [7, 11) is 0. The molecule has 0 aliphatic rings. The van der Waals surface area contributed by atoms with Crippen molar-refractivity contribution in [1.29, 1.82) is 0 Å². The maximum absolute atomic E-state index is 13.5. The van der Waals surface area contributed by atoms with Gasteiger partial charge in [-0.2, -0.15) is 0 Å². The Bertz CT molecular complexity index is 1420. The standard InChI is InChI=1S/C25H29N5O2S/c1-7-25(5,6)26-21(31)17(4)33-24-28-27-23-29(19-13-12-15(2)14-16(19)3)22(32)18-10-8-9-11-20(18)30(23)24/h8-14,17H,7H2,1-6H3,(H,26,31). The van der Waals surface area contributed by atoms with Crippen LogP contribution in [0.15, 0.2) is 52.4 Å². The number of nitrogens with one attached hydrogen (secondary N) is 1. The molecule has 0 spiro atoms. The van der Waals surface area contributed by atoms with E-state index >= 15 is 0 Å². The maximum Gasteiger partial charge on any atom is 0.267 e. The summed E-state index contributed by atoms with van der Waals surface area (Å²) >= 11 is 1.33. The first-order valence-corrected chi connectivity index (χ1v) is 12.0. The second kappa shape index (κ2) is 8.67. The van der Waals surface area contributed by atoms with Crippen LogP contribution in [0.1, 0.15) is 45.2 Å². The quantitative estimate of drug-likeness (QED) is 0.428. The summed E-state index contributed by atoms with van der Waals surface area (Å²) in [5.74, 6) is 0.366. The minimum atomic E-state index is -0.386. The van der Waals surface area contributed by atoms with Crippen LogP contribution in [0.4, 0.5) is 0 Å². The lowest BCUT2D eigenvalue weighted by Gasteiger charge is -2.26. The van der Waals surface area contributed by atoms with Gasteiger partial charge in [0.15, 0.2) is 5.16 Å². The Labute approximate surface area is 197 Å². The van der Waals surface area contributed by atoms with E-state index in [9.17, 15) is 9.59 Å². The Kier molecular flexibility index (Phi) is 6.05. The zero-order chi connectivity index (χ0) is 23.9. The van der Waals surface area contributed by atoms with Crippen molar-refractivity contribution in [2.45, 2.75) is 63.9 Å². The van der Waals surface area contributed by atoms with Crippen LogP contribution in [-0.4, -0.2) is 35.9 Å². The number of hydrogen-bond acceptors (Lipinski definition) is 5. The number of nitrogens with zero attached hydrogens (tertiary/aromatic N) is 4. The van der Waals surface area contributed by atoms with E-state index in [4.69, 9.17) is 0 Å². The molecule has 1 N–H and O–H groups in total. The van der Waals surface area contributed by atoms with Crippen LogP contribution in [0, 0.1) is 13.8 Å². The summed E-state index contributed by atoms with van der Waals surface area (Å²) in [5, 5.41) is 12.6. The molecule has 0 radical (unpaired) electrons. The Morgan fingerprint density at radius 2 is 1.88 bits per heavy atom. The molecule has 4 rings (SSSR count). The Hall–Kier alpha value is -3.13. The summed E-state index contributed by atoms with van der Waals surface area (Å²) in [6, 6.07) is 13.4. The van der Waals surface area contributed by atoms with Crippen molar-refractivity contribution < 1.29 is 4.79 Å². The molecule has 2 aromatic heterocycles. The molecular formula is C25H29N5O2S. The number of thioether (sulfide) groups is 1. The van der Waals surface area contributed by atoms with Crippen molar-refractivity contribution in [2.75, 3.05) is 0 Å². The number of carbonyl (C=O) groups excluding carboxylic acids is 1. The lowest BCUT2D eigenvalue weighted by molar-refractivity contribution is -0.121. The van der Waals surface area contributed by atoms with Crippen LogP contribution in [0.2, 0.25) is 0 Å². The van der Waals surface area contributed by atoms with Gasteiger partial charge < -0.3 is 5.32 Å². The molecule has 0 fully saturated rings. The van der Waals surface area contributed by atoms with Crippen LogP contribution >= 0.6 is 11.8 Å². The third kappa shape index (κ3) is 4.27. The van der Waals surface area contributed by atoms with Crippen molar-refractivity contribution in [3.8, 4) is 5.69 Å². The smallest absolute Gasteiger partial charge is 0.267 e. The average molecular weight is 464 g/mol. The van der Waals surface area contributed by atoms with Gasteiger partial charge in [0.1, 0.15) is 0 Å². The van der Waals surface area contributed by atoms with Crippen molar-refractivity contribution in [1.82, 2.24) is 24.5 Å². The summed E-state index contributed by atoms with van der Waals surface area (Å²) < 4.78 is 3.48. The first kappa shape index (κ1) is 23.0. The second-order valence-corrected chi connectivity index (χ2v) is 10.4. The van der Waals surface area contributed by atoms with Gasteiger partial charge in [-0.3, -0.25) is 14.0 Å². The van der Waals surface area contributed by atoms with Crippen LogP contribution in [0.5, 0.6) is 0 Å². The molecule has 7 nitrogen and oxygen atoms in total. The van der Waals surface area contributed by atoms with Gasteiger partial charge in [0.25, 0.3) is 5.56 Å². The fourth-order valence-corrected chi connectivity index (χ4v) is 4.62. The minimum Gasteiger partial charge on any atom is -0.350 e. The van der Waals surface area contributed by atoms with Gasteiger partial charge in [-0.25, -0.2) is 4.57 Å². The Morgan fingerprint density at radius 1 is 1.15 bits per heavy atom. The highest BCUT2D eigenvalue weighted by Crippen LogP contribution is 2.27. The number of para-hydroxylation sites is 1. The monoisotopic (exact) mass is 463 g/mol. The molecule has 2 aromatic carbocycles. The van der Waals surface area contributed by atoms with Crippen LogP contribution in [-0.2, 0) is 4.79 Å². The highest BCUT2D eigenvalue weighted by molar-refractivity contribution is 8.00. The van der Waals surface area contributed by atoms with E-state index < -0.39 is 0 Å². The summed E-state index contributed by atoms with van der Waals surface area (Å²) in [6.45, 7) is 11.9. The second-order valence-electron chi connectivity index (χ2n) is 9.05. The van der Waals surface area contributed by atoms with E-state index in [0.717, 1.165) is 23.2 Å². The molecule has 1 unspecified atom stereocenters. The number of rotatable bonds is 6. The predicted octanol–water partition coefficient (Wildman–Crippen LogP) is 4.44. The zero-order valence-corrected chi connectivity index (χ0v) is 20.7. The molecule has 2 heterocycles. The zero-order valence-electron chi connectivity index (χ0n) is 19.8. The van der Waals surface area contributed by atoms with Gasteiger partial charge >= 0.3 is 0 Å². The minimum absolute atomic E-state index is 0.0596. The van der Waals surface area contributed by atoms with Crippen molar-refractivity contribution in [3.63, 3.8) is 0 Å². The molecule has 0 bridgehead atoms. The first-order chi connectivity index (χ1) is 15.6. The van der Waals surface area contributed by atoms with E-state index in [1.807, 2.05) is 88.4 Å². The van der Waals surface area contributed by atoms with Gasteiger partial charge in [-0.15, -0.1) is 10.2 Å². The van der Waals surface area contributed by atoms with Gasteiger partial charge in [0, 0.05) is 5.54 Å². The normalized spacial score (nSPS) is 12.9. The van der Waals surface area contributed by atoms with E-state index in [-0.39, 0.29) is 22.3 Å². The number of aromatic nitrogens is 4. The van der Waals surface area contributed by atoms with Crippen molar-refractivity contribution in [3.05, 3.63) is 63.9 Å². The number of carbonyl (C=O) groups is 1. The summed E-state index contributed by atoms with van der Waals surface area (Å²) in [4.78, 5) is 26.3. The molecule has 0 aliphatic heterocycles. The molecule has 4 aromatic rings.